The van der Waals surface area contributed by atoms with Crippen LogP contribution in [0.1, 0.15) is 12.1 Å². The molecule has 18 heavy (non-hydrogen) atoms. The molecular formula is C12H10ClF2NO2. The first kappa shape index (κ1) is 12.8. The Morgan fingerprint density at radius 3 is 2.28 bits per heavy atom. The molecule has 0 aliphatic heterocycles. The minimum atomic E-state index is -2.67. The molecule has 0 radical (unpaired) electrons. The Morgan fingerprint density at radius 1 is 1.11 bits per heavy atom. The van der Waals surface area contributed by atoms with E-state index < -0.39 is 6.43 Å². The van der Waals surface area contributed by atoms with E-state index in [9.17, 15) is 8.78 Å². The van der Waals surface area contributed by atoms with Crippen molar-refractivity contribution in [2.24, 2.45) is 0 Å². The fourth-order valence-corrected chi connectivity index (χ4v) is 1.91. The van der Waals surface area contributed by atoms with Gasteiger partial charge < -0.3 is 9.47 Å². The standard InChI is InChI=1S/C12H10ClF2NO2/c1-17-10-3-6-7(13)4-9(12(14)15)16-8(6)5-11(10)18-2/h3-5,12H,1-2H3. The molecule has 0 bridgehead atoms. The lowest BCUT2D eigenvalue weighted by atomic mass is 10.1. The second-order valence-corrected chi connectivity index (χ2v) is 3.96. The van der Waals surface area contributed by atoms with Crippen LogP contribution < -0.4 is 9.47 Å². The summed E-state index contributed by atoms with van der Waals surface area (Å²) in [5.74, 6) is 0.887. The molecule has 0 spiro atoms. The van der Waals surface area contributed by atoms with E-state index in [0.29, 0.717) is 22.4 Å². The Morgan fingerprint density at radius 2 is 1.72 bits per heavy atom. The van der Waals surface area contributed by atoms with Crippen LogP contribution >= 0.6 is 11.6 Å². The zero-order chi connectivity index (χ0) is 13.3. The maximum Gasteiger partial charge on any atom is 0.280 e. The summed E-state index contributed by atoms with van der Waals surface area (Å²) in [4.78, 5) is 3.85. The minimum absolute atomic E-state index is 0.205. The predicted octanol–water partition coefficient (Wildman–Crippen LogP) is 3.84. The molecule has 6 heteroatoms. The van der Waals surface area contributed by atoms with Gasteiger partial charge in [-0.2, -0.15) is 0 Å². The van der Waals surface area contributed by atoms with Gasteiger partial charge in [0, 0.05) is 11.5 Å². The van der Waals surface area contributed by atoms with Crippen LogP contribution in [0.3, 0.4) is 0 Å². The van der Waals surface area contributed by atoms with E-state index in [2.05, 4.69) is 4.98 Å². The van der Waals surface area contributed by atoms with Gasteiger partial charge in [0.05, 0.1) is 24.8 Å². The molecule has 0 aliphatic carbocycles. The number of alkyl halides is 2. The second kappa shape index (κ2) is 4.94. The second-order valence-electron chi connectivity index (χ2n) is 3.55. The van der Waals surface area contributed by atoms with Gasteiger partial charge in [0.15, 0.2) is 11.5 Å². The van der Waals surface area contributed by atoms with Crippen molar-refractivity contribution in [3.05, 3.63) is 28.9 Å². The van der Waals surface area contributed by atoms with Crippen molar-refractivity contribution in [1.29, 1.82) is 0 Å². The fraction of sp³-hybridized carbons (Fsp3) is 0.250. The van der Waals surface area contributed by atoms with Crippen molar-refractivity contribution >= 4 is 22.5 Å². The van der Waals surface area contributed by atoms with Crippen molar-refractivity contribution in [3.63, 3.8) is 0 Å². The van der Waals surface area contributed by atoms with Gasteiger partial charge in [0.2, 0.25) is 0 Å². The Bertz CT molecular complexity index is 590. The molecular weight excluding hydrogens is 264 g/mol. The lowest BCUT2D eigenvalue weighted by molar-refractivity contribution is 0.146. The van der Waals surface area contributed by atoms with Crippen LogP contribution in [0.25, 0.3) is 10.9 Å². The van der Waals surface area contributed by atoms with Gasteiger partial charge in [-0.3, -0.25) is 0 Å². The number of aromatic nitrogens is 1. The van der Waals surface area contributed by atoms with E-state index in [4.69, 9.17) is 21.1 Å². The number of benzene rings is 1. The first-order chi connectivity index (χ1) is 8.56. The number of methoxy groups -OCH3 is 2. The summed E-state index contributed by atoms with van der Waals surface area (Å²) >= 11 is 5.96. The van der Waals surface area contributed by atoms with Crippen molar-refractivity contribution in [3.8, 4) is 11.5 Å². The first-order valence-corrected chi connectivity index (χ1v) is 5.45. The lowest BCUT2D eigenvalue weighted by Gasteiger charge is -2.10. The average Bonchev–Trinajstić information content (AvgIpc) is 2.36. The smallest absolute Gasteiger partial charge is 0.280 e. The Labute approximate surface area is 107 Å². The molecule has 0 atom stereocenters. The van der Waals surface area contributed by atoms with Crippen LogP contribution in [-0.2, 0) is 0 Å². The summed E-state index contributed by atoms with van der Waals surface area (Å²) in [6, 6.07) is 4.28. The number of rotatable bonds is 3. The number of fused-ring (bicyclic) bond motifs is 1. The zero-order valence-corrected chi connectivity index (χ0v) is 10.5. The molecule has 96 valence electrons. The third-order valence-corrected chi connectivity index (χ3v) is 2.82. The third-order valence-electron chi connectivity index (χ3n) is 2.51. The summed E-state index contributed by atoms with van der Waals surface area (Å²) in [5.41, 5.74) is -0.0184. The van der Waals surface area contributed by atoms with E-state index >= 15 is 0 Å². The van der Waals surface area contributed by atoms with E-state index in [0.717, 1.165) is 6.07 Å². The van der Waals surface area contributed by atoms with Crippen LogP contribution in [0.15, 0.2) is 18.2 Å². The Kier molecular flexibility index (Phi) is 3.52. The highest BCUT2D eigenvalue weighted by Gasteiger charge is 2.15. The summed E-state index contributed by atoms with van der Waals surface area (Å²) in [6.07, 6.45) is -2.67. The average molecular weight is 274 g/mol. The highest BCUT2D eigenvalue weighted by Crippen LogP contribution is 2.35. The zero-order valence-electron chi connectivity index (χ0n) is 9.71. The molecule has 0 unspecified atom stereocenters. The third kappa shape index (κ3) is 2.18. The molecule has 1 aromatic heterocycles. The lowest BCUT2D eigenvalue weighted by Crippen LogP contribution is -1.95. The monoisotopic (exact) mass is 273 g/mol. The number of hydrogen-bond acceptors (Lipinski definition) is 3. The van der Waals surface area contributed by atoms with Gasteiger partial charge in [-0.25, -0.2) is 13.8 Å². The molecule has 1 heterocycles. The fourth-order valence-electron chi connectivity index (χ4n) is 1.64. The maximum atomic E-state index is 12.6. The molecule has 2 aromatic rings. The number of nitrogens with zero attached hydrogens (tertiary/aromatic N) is 1. The molecule has 2 rings (SSSR count). The molecule has 0 saturated carbocycles. The maximum absolute atomic E-state index is 12.6. The van der Waals surface area contributed by atoms with Crippen LogP contribution in [-0.4, -0.2) is 19.2 Å². The number of halogens is 3. The SMILES string of the molecule is COc1cc2nc(C(F)F)cc(Cl)c2cc1OC. The van der Waals surface area contributed by atoms with Gasteiger partial charge in [0.1, 0.15) is 5.69 Å². The Balaban J connectivity index is 2.72. The van der Waals surface area contributed by atoms with Crippen LogP contribution in [0.2, 0.25) is 5.02 Å². The molecule has 1 aromatic carbocycles. The predicted molar refractivity (Wildman–Crippen MR) is 64.8 cm³/mol. The number of hydrogen-bond donors (Lipinski definition) is 0. The van der Waals surface area contributed by atoms with Gasteiger partial charge in [-0.15, -0.1) is 0 Å². The summed E-state index contributed by atoms with van der Waals surface area (Å²) in [5, 5.41) is 0.745. The quantitative estimate of drug-likeness (QED) is 0.851. The van der Waals surface area contributed by atoms with Gasteiger partial charge in [-0.05, 0) is 12.1 Å². The molecule has 0 N–H and O–H groups in total. The van der Waals surface area contributed by atoms with Crippen molar-refractivity contribution in [2.45, 2.75) is 6.43 Å². The molecule has 0 amide bonds. The van der Waals surface area contributed by atoms with Crippen molar-refractivity contribution < 1.29 is 18.3 Å². The van der Waals surface area contributed by atoms with Crippen LogP contribution in [0.4, 0.5) is 8.78 Å². The summed E-state index contributed by atoms with van der Waals surface area (Å²) in [6.45, 7) is 0. The summed E-state index contributed by atoms with van der Waals surface area (Å²) in [7, 11) is 2.95. The Hall–Kier alpha value is -1.62. The largest absolute Gasteiger partial charge is 0.493 e. The van der Waals surface area contributed by atoms with E-state index in [1.54, 1.807) is 6.07 Å². The van der Waals surface area contributed by atoms with Crippen LogP contribution in [0.5, 0.6) is 11.5 Å². The van der Waals surface area contributed by atoms with Gasteiger partial charge in [-0.1, -0.05) is 11.6 Å². The van der Waals surface area contributed by atoms with Crippen LogP contribution in [0, 0.1) is 0 Å². The van der Waals surface area contributed by atoms with Gasteiger partial charge in [0.25, 0.3) is 6.43 Å². The van der Waals surface area contributed by atoms with Gasteiger partial charge >= 0.3 is 0 Å². The topological polar surface area (TPSA) is 31.4 Å². The minimum Gasteiger partial charge on any atom is -0.493 e. The number of pyridine rings is 1. The van der Waals surface area contributed by atoms with E-state index in [1.807, 2.05) is 0 Å². The highest BCUT2D eigenvalue weighted by molar-refractivity contribution is 6.35. The molecule has 0 fully saturated rings. The summed E-state index contributed by atoms with van der Waals surface area (Å²) < 4.78 is 35.5. The highest BCUT2D eigenvalue weighted by atomic mass is 35.5. The molecule has 3 nitrogen and oxygen atoms in total. The molecule has 0 saturated heterocycles. The van der Waals surface area contributed by atoms with Crippen molar-refractivity contribution in [2.75, 3.05) is 14.2 Å². The van der Waals surface area contributed by atoms with E-state index in [1.165, 1.54) is 20.3 Å². The first-order valence-electron chi connectivity index (χ1n) is 5.07. The normalized spacial score (nSPS) is 11.0. The van der Waals surface area contributed by atoms with E-state index in [-0.39, 0.29) is 10.7 Å². The molecule has 0 aliphatic rings. The van der Waals surface area contributed by atoms with Crippen molar-refractivity contribution in [1.82, 2.24) is 4.98 Å². The number of ether oxygens (including phenoxy) is 2.